The smallest absolute Gasteiger partial charge is 0.335 e. The van der Waals surface area contributed by atoms with Crippen LogP contribution in [0.1, 0.15) is 11.1 Å². The molecule has 2 N–H and O–H groups in total. The summed E-state index contributed by atoms with van der Waals surface area (Å²) >= 11 is 3.18. The predicted molar refractivity (Wildman–Crippen MR) is 96.0 cm³/mol. The highest BCUT2D eigenvalue weighted by molar-refractivity contribution is 9.10. The Morgan fingerprint density at radius 1 is 1.12 bits per heavy atom. The molecule has 0 saturated carbocycles. The molecule has 0 spiro atoms. The number of phenols is 1. The molecule has 4 amide bonds. The van der Waals surface area contributed by atoms with E-state index in [-0.39, 0.29) is 11.3 Å². The Balaban J connectivity index is 2.03. The quantitative estimate of drug-likeness (QED) is 0.598. The van der Waals surface area contributed by atoms with Crippen molar-refractivity contribution in [1.82, 2.24) is 5.32 Å². The summed E-state index contributed by atoms with van der Waals surface area (Å²) in [7, 11) is 0. The first-order valence-electron chi connectivity index (χ1n) is 7.33. The molecule has 1 fully saturated rings. The van der Waals surface area contributed by atoms with E-state index in [0.29, 0.717) is 15.7 Å². The summed E-state index contributed by atoms with van der Waals surface area (Å²) in [6.07, 6.45) is 1.37. The summed E-state index contributed by atoms with van der Waals surface area (Å²) in [6.45, 7) is 1.84. The van der Waals surface area contributed by atoms with Gasteiger partial charge in [0.25, 0.3) is 11.8 Å². The zero-order valence-electron chi connectivity index (χ0n) is 13.1. The molecule has 0 atom stereocenters. The maximum absolute atomic E-state index is 12.7. The minimum atomic E-state index is -0.787. The van der Waals surface area contributed by atoms with Gasteiger partial charge in [-0.15, -0.1) is 0 Å². The summed E-state index contributed by atoms with van der Waals surface area (Å²) in [5.41, 5.74) is 1.62. The molecule has 1 saturated heterocycles. The second kappa shape index (κ2) is 6.52. The van der Waals surface area contributed by atoms with Crippen LogP contribution in [0.25, 0.3) is 6.08 Å². The average molecular weight is 401 g/mol. The molecule has 126 valence electrons. The Morgan fingerprint density at radius 2 is 1.88 bits per heavy atom. The Morgan fingerprint density at radius 3 is 2.56 bits per heavy atom. The van der Waals surface area contributed by atoms with Crippen molar-refractivity contribution in [3.8, 4) is 5.75 Å². The van der Waals surface area contributed by atoms with E-state index >= 15 is 0 Å². The fourth-order valence-electron chi connectivity index (χ4n) is 2.44. The molecule has 0 aromatic heterocycles. The lowest BCUT2D eigenvalue weighted by Gasteiger charge is -2.26. The molecular weight excluding hydrogens is 388 g/mol. The maximum Gasteiger partial charge on any atom is 0.335 e. The second-order valence-corrected chi connectivity index (χ2v) is 6.36. The van der Waals surface area contributed by atoms with Crippen molar-refractivity contribution in [2.45, 2.75) is 6.92 Å². The Bertz CT molecular complexity index is 936. The number of anilines is 1. The fourth-order valence-corrected chi connectivity index (χ4v) is 2.84. The molecule has 0 aliphatic carbocycles. The lowest BCUT2D eigenvalue weighted by atomic mass is 10.1. The summed E-state index contributed by atoms with van der Waals surface area (Å²) in [5.74, 6) is -1.43. The normalized spacial score (nSPS) is 16.3. The van der Waals surface area contributed by atoms with E-state index in [0.717, 1.165) is 10.5 Å². The number of benzene rings is 2. The van der Waals surface area contributed by atoms with Crippen LogP contribution < -0.4 is 10.2 Å². The van der Waals surface area contributed by atoms with Crippen molar-refractivity contribution in [2.24, 2.45) is 0 Å². The van der Waals surface area contributed by atoms with Gasteiger partial charge in [0.05, 0.1) is 10.2 Å². The number of barbiturate groups is 1. The summed E-state index contributed by atoms with van der Waals surface area (Å²) in [6, 6.07) is 10.6. The molecule has 0 bridgehead atoms. The number of aryl methyl sites for hydroxylation is 1. The zero-order chi connectivity index (χ0) is 18.1. The summed E-state index contributed by atoms with van der Waals surface area (Å²) in [4.78, 5) is 37.9. The maximum atomic E-state index is 12.7. The molecule has 25 heavy (non-hydrogen) atoms. The van der Waals surface area contributed by atoms with Crippen molar-refractivity contribution in [1.29, 1.82) is 0 Å². The fraction of sp³-hybridized carbons (Fsp3) is 0.0556. The van der Waals surface area contributed by atoms with E-state index in [9.17, 15) is 19.5 Å². The third-order valence-electron chi connectivity index (χ3n) is 3.64. The second-order valence-electron chi connectivity index (χ2n) is 5.51. The topological polar surface area (TPSA) is 86.7 Å². The van der Waals surface area contributed by atoms with Crippen LogP contribution in [-0.2, 0) is 9.59 Å². The first-order valence-corrected chi connectivity index (χ1v) is 8.13. The molecule has 1 aliphatic rings. The van der Waals surface area contributed by atoms with E-state index < -0.39 is 17.8 Å². The lowest BCUT2D eigenvalue weighted by molar-refractivity contribution is -0.122. The van der Waals surface area contributed by atoms with Gasteiger partial charge >= 0.3 is 6.03 Å². The minimum absolute atomic E-state index is 0.0399. The number of hydrogen-bond donors (Lipinski definition) is 2. The first kappa shape index (κ1) is 16.9. The average Bonchev–Trinajstić information content (AvgIpc) is 2.54. The number of amides is 4. The molecule has 0 unspecified atom stereocenters. The third kappa shape index (κ3) is 3.32. The number of carbonyl (C=O) groups excluding carboxylic acids is 3. The van der Waals surface area contributed by atoms with Crippen LogP contribution in [0.15, 0.2) is 52.5 Å². The van der Waals surface area contributed by atoms with Gasteiger partial charge < -0.3 is 5.11 Å². The van der Waals surface area contributed by atoms with E-state index in [2.05, 4.69) is 21.2 Å². The minimum Gasteiger partial charge on any atom is -0.507 e. The van der Waals surface area contributed by atoms with Gasteiger partial charge in [0.15, 0.2) is 0 Å². The number of phenolic OH excluding ortho intramolecular Hbond substituents is 1. The van der Waals surface area contributed by atoms with Crippen LogP contribution in [0.4, 0.5) is 10.5 Å². The monoisotopic (exact) mass is 400 g/mol. The van der Waals surface area contributed by atoms with Gasteiger partial charge in [-0.25, -0.2) is 9.69 Å². The number of imide groups is 2. The van der Waals surface area contributed by atoms with Gasteiger partial charge in [-0.2, -0.15) is 0 Å². The van der Waals surface area contributed by atoms with Gasteiger partial charge in [-0.3, -0.25) is 14.9 Å². The number of rotatable bonds is 2. The highest BCUT2D eigenvalue weighted by atomic mass is 79.9. The molecule has 1 aliphatic heterocycles. The molecular formula is C18H13BrN2O4. The van der Waals surface area contributed by atoms with Crippen LogP contribution in [0, 0.1) is 6.92 Å². The number of halogens is 1. The van der Waals surface area contributed by atoms with Crippen LogP contribution >= 0.6 is 15.9 Å². The van der Waals surface area contributed by atoms with Crippen molar-refractivity contribution < 1.29 is 19.5 Å². The Labute approximate surface area is 151 Å². The van der Waals surface area contributed by atoms with Gasteiger partial charge in [-0.1, -0.05) is 18.2 Å². The number of nitrogens with one attached hydrogen (secondary N) is 1. The van der Waals surface area contributed by atoms with Crippen LogP contribution in [0.5, 0.6) is 5.75 Å². The predicted octanol–water partition coefficient (Wildman–Crippen LogP) is 3.13. The Kier molecular flexibility index (Phi) is 4.41. The van der Waals surface area contributed by atoms with E-state index in [1.165, 1.54) is 12.1 Å². The highest BCUT2D eigenvalue weighted by Crippen LogP contribution is 2.27. The number of carbonyl (C=O) groups is 3. The third-order valence-corrected chi connectivity index (χ3v) is 4.28. The Hall–Kier alpha value is -2.93. The van der Waals surface area contributed by atoms with Crippen LogP contribution in [0.3, 0.4) is 0 Å². The molecule has 3 rings (SSSR count). The van der Waals surface area contributed by atoms with E-state index in [4.69, 9.17) is 0 Å². The molecule has 2 aromatic rings. The van der Waals surface area contributed by atoms with Crippen molar-refractivity contribution in [3.05, 3.63) is 63.6 Å². The summed E-state index contributed by atoms with van der Waals surface area (Å²) in [5, 5.41) is 11.7. The van der Waals surface area contributed by atoms with Gasteiger partial charge in [0, 0.05) is 0 Å². The van der Waals surface area contributed by atoms with Crippen molar-refractivity contribution in [2.75, 3.05) is 4.90 Å². The molecule has 0 radical (unpaired) electrons. The summed E-state index contributed by atoms with van der Waals surface area (Å²) < 4.78 is 0.428. The molecule has 6 nitrogen and oxygen atoms in total. The SMILES string of the molecule is Cc1cccc(N2C(=O)NC(=O)/C(=C\c3ccc(O)c(Br)c3)C2=O)c1. The van der Waals surface area contributed by atoms with Crippen molar-refractivity contribution >= 4 is 45.5 Å². The van der Waals surface area contributed by atoms with Gasteiger partial charge in [0.2, 0.25) is 0 Å². The number of nitrogens with zero attached hydrogens (tertiary/aromatic N) is 1. The van der Waals surface area contributed by atoms with Crippen LogP contribution in [0.2, 0.25) is 0 Å². The van der Waals surface area contributed by atoms with E-state index in [1.54, 1.807) is 30.3 Å². The number of hydrogen-bond acceptors (Lipinski definition) is 4. The molecule has 1 heterocycles. The van der Waals surface area contributed by atoms with E-state index in [1.807, 2.05) is 13.0 Å². The zero-order valence-corrected chi connectivity index (χ0v) is 14.7. The number of urea groups is 1. The largest absolute Gasteiger partial charge is 0.507 e. The molecule has 2 aromatic carbocycles. The first-order chi connectivity index (χ1) is 11.9. The lowest BCUT2D eigenvalue weighted by Crippen LogP contribution is -2.54. The standard InChI is InChI=1S/C18H13BrN2O4/c1-10-3-2-4-12(7-10)21-17(24)13(16(23)20-18(21)25)8-11-5-6-15(22)14(19)9-11/h2-9,22H,1H3,(H,20,23,25)/b13-8+. The molecule has 7 heteroatoms. The van der Waals surface area contributed by atoms with Gasteiger partial charge in [0.1, 0.15) is 11.3 Å². The highest BCUT2D eigenvalue weighted by Gasteiger charge is 2.36. The van der Waals surface area contributed by atoms with Gasteiger partial charge in [-0.05, 0) is 64.3 Å². The number of aromatic hydroxyl groups is 1. The van der Waals surface area contributed by atoms with Crippen LogP contribution in [-0.4, -0.2) is 23.0 Å². The van der Waals surface area contributed by atoms with Crippen molar-refractivity contribution in [3.63, 3.8) is 0 Å².